The molecule has 32 heavy (non-hydrogen) atoms. The molecule has 0 amide bonds. The topological polar surface area (TPSA) is 51.9 Å². The number of piperazine rings is 1. The van der Waals surface area contributed by atoms with Crippen LogP contribution in [0.3, 0.4) is 0 Å². The normalized spacial score (nSPS) is 18.1. The summed E-state index contributed by atoms with van der Waals surface area (Å²) in [5, 5.41) is 1.02. The SMILES string of the molecule is COc1cc2nc(-c3ccccc3)nc(N3CC[NH+](C4CCCCC4)CC3)c2cc1OC. The standard InChI is InChI=1S/C26H32N4O2/c1-31-23-17-21-22(18-24(23)32-2)27-25(19-9-5-3-6-10-19)28-26(21)30-15-13-29(14-16-30)20-11-7-4-8-12-20/h3,5-6,9-10,17-18,20H,4,7-8,11-16H2,1-2H3/p+1. The Morgan fingerprint density at radius 2 is 1.56 bits per heavy atom. The smallest absolute Gasteiger partial charge is 0.162 e. The fourth-order valence-corrected chi connectivity index (χ4v) is 5.32. The van der Waals surface area contributed by atoms with Crippen molar-refractivity contribution in [3.05, 3.63) is 42.5 Å². The van der Waals surface area contributed by atoms with E-state index in [1.165, 1.54) is 45.2 Å². The van der Waals surface area contributed by atoms with Gasteiger partial charge in [0.05, 0.1) is 52.0 Å². The van der Waals surface area contributed by atoms with Gasteiger partial charge in [0.15, 0.2) is 17.3 Å². The third-order valence-electron chi connectivity index (χ3n) is 7.10. The number of nitrogens with one attached hydrogen (secondary N) is 1. The number of quaternary nitrogens is 1. The molecule has 1 N–H and O–H groups in total. The number of rotatable bonds is 5. The number of methoxy groups -OCH3 is 2. The molecule has 6 nitrogen and oxygen atoms in total. The highest BCUT2D eigenvalue weighted by Crippen LogP contribution is 2.36. The van der Waals surface area contributed by atoms with Crippen LogP contribution < -0.4 is 19.3 Å². The van der Waals surface area contributed by atoms with Crippen molar-refractivity contribution in [3.63, 3.8) is 0 Å². The third-order valence-corrected chi connectivity index (χ3v) is 7.10. The summed E-state index contributed by atoms with van der Waals surface area (Å²) in [6.45, 7) is 4.37. The second kappa shape index (κ2) is 9.33. The van der Waals surface area contributed by atoms with E-state index >= 15 is 0 Å². The predicted octanol–water partition coefficient (Wildman–Crippen LogP) is 3.35. The minimum Gasteiger partial charge on any atom is -0.493 e. The lowest BCUT2D eigenvalue weighted by atomic mass is 9.94. The minimum absolute atomic E-state index is 0.690. The van der Waals surface area contributed by atoms with Gasteiger partial charge < -0.3 is 19.3 Å². The lowest BCUT2D eigenvalue weighted by Gasteiger charge is -2.38. The largest absolute Gasteiger partial charge is 0.493 e. The van der Waals surface area contributed by atoms with Gasteiger partial charge in [0.25, 0.3) is 0 Å². The van der Waals surface area contributed by atoms with Crippen molar-refractivity contribution in [2.75, 3.05) is 45.3 Å². The van der Waals surface area contributed by atoms with E-state index in [4.69, 9.17) is 19.4 Å². The van der Waals surface area contributed by atoms with Gasteiger partial charge in [-0.1, -0.05) is 36.8 Å². The first-order chi connectivity index (χ1) is 15.8. The molecule has 0 spiro atoms. The fourth-order valence-electron chi connectivity index (χ4n) is 5.32. The predicted molar refractivity (Wildman–Crippen MR) is 128 cm³/mol. The number of anilines is 1. The Labute approximate surface area is 190 Å². The molecule has 1 saturated carbocycles. The number of hydrogen-bond acceptors (Lipinski definition) is 5. The monoisotopic (exact) mass is 433 g/mol. The Balaban J connectivity index is 1.51. The van der Waals surface area contributed by atoms with E-state index in [-0.39, 0.29) is 0 Å². The molecule has 168 valence electrons. The first-order valence-electron chi connectivity index (χ1n) is 11.9. The lowest BCUT2D eigenvalue weighted by Crippen LogP contribution is -3.18. The molecule has 1 aromatic heterocycles. The van der Waals surface area contributed by atoms with Gasteiger partial charge in [-0.15, -0.1) is 0 Å². The van der Waals surface area contributed by atoms with Gasteiger partial charge in [0, 0.05) is 17.0 Å². The Kier molecular flexibility index (Phi) is 6.12. The van der Waals surface area contributed by atoms with Crippen molar-refractivity contribution in [1.82, 2.24) is 9.97 Å². The summed E-state index contributed by atoms with van der Waals surface area (Å²) in [5.41, 5.74) is 1.91. The van der Waals surface area contributed by atoms with Crippen LogP contribution in [0.1, 0.15) is 32.1 Å². The van der Waals surface area contributed by atoms with Crippen LogP contribution in [0.25, 0.3) is 22.3 Å². The molecule has 3 aromatic rings. The summed E-state index contributed by atoms with van der Waals surface area (Å²) < 4.78 is 11.1. The molecule has 0 atom stereocenters. The zero-order chi connectivity index (χ0) is 21.9. The number of aromatic nitrogens is 2. The molecule has 2 aromatic carbocycles. The summed E-state index contributed by atoms with van der Waals surface area (Å²) in [6.07, 6.45) is 6.99. The van der Waals surface area contributed by atoms with Gasteiger partial charge in [-0.3, -0.25) is 0 Å². The van der Waals surface area contributed by atoms with E-state index in [1.807, 2.05) is 30.3 Å². The highest BCUT2D eigenvalue weighted by molar-refractivity contribution is 5.93. The third kappa shape index (κ3) is 4.11. The molecule has 6 heteroatoms. The van der Waals surface area contributed by atoms with Gasteiger partial charge in [-0.25, -0.2) is 9.97 Å². The van der Waals surface area contributed by atoms with Crippen LogP contribution in [0.4, 0.5) is 5.82 Å². The fraction of sp³-hybridized carbons (Fsp3) is 0.462. The van der Waals surface area contributed by atoms with Crippen LogP contribution in [0.5, 0.6) is 11.5 Å². The Bertz CT molecular complexity index is 1060. The van der Waals surface area contributed by atoms with Crippen LogP contribution in [0.2, 0.25) is 0 Å². The zero-order valence-electron chi connectivity index (χ0n) is 19.1. The van der Waals surface area contributed by atoms with Crippen LogP contribution in [0.15, 0.2) is 42.5 Å². The van der Waals surface area contributed by atoms with Crippen LogP contribution in [-0.4, -0.2) is 56.4 Å². The first-order valence-corrected chi connectivity index (χ1v) is 11.9. The van der Waals surface area contributed by atoms with E-state index in [0.717, 1.165) is 47.2 Å². The second-order valence-electron chi connectivity index (χ2n) is 8.94. The second-order valence-corrected chi connectivity index (χ2v) is 8.94. The highest BCUT2D eigenvalue weighted by atomic mass is 16.5. The first kappa shape index (κ1) is 21.0. The van der Waals surface area contributed by atoms with E-state index in [1.54, 1.807) is 19.1 Å². The Morgan fingerprint density at radius 1 is 0.875 bits per heavy atom. The Morgan fingerprint density at radius 3 is 2.25 bits per heavy atom. The van der Waals surface area contributed by atoms with Crippen molar-refractivity contribution in [2.24, 2.45) is 0 Å². The molecular formula is C26H33N4O2+. The maximum atomic E-state index is 5.59. The number of benzene rings is 2. The van der Waals surface area contributed by atoms with Crippen molar-refractivity contribution >= 4 is 16.7 Å². The van der Waals surface area contributed by atoms with Crippen LogP contribution in [0, 0.1) is 0 Å². The van der Waals surface area contributed by atoms with Gasteiger partial charge in [0.2, 0.25) is 0 Å². The molecule has 0 bridgehead atoms. The summed E-state index contributed by atoms with van der Waals surface area (Å²) in [7, 11) is 3.34. The van der Waals surface area contributed by atoms with Crippen LogP contribution >= 0.6 is 0 Å². The van der Waals surface area contributed by atoms with Gasteiger partial charge in [-0.2, -0.15) is 0 Å². The number of fused-ring (bicyclic) bond motifs is 1. The quantitative estimate of drug-likeness (QED) is 0.669. The van der Waals surface area contributed by atoms with E-state index < -0.39 is 0 Å². The minimum atomic E-state index is 0.690. The van der Waals surface area contributed by atoms with Gasteiger partial charge in [-0.05, 0) is 31.7 Å². The molecule has 0 unspecified atom stereocenters. The Hall–Kier alpha value is -2.86. The number of ether oxygens (including phenoxy) is 2. The molecule has 5 rings (SSSR count). The molecular weight excluding hydrogens is 400 g/mol. The van der Waals surface area contributed by atoms with Gasteiger partial charge in [0.1, 0.15) is 5.82 Å². The van der Waals surface area contributed by atoms with Crippen molar-refractivity contribution in [2.45, 2.75) is 38.1 Å². The molecule has 2 heterocycles. The van der Waals surface area contributed by atoms with E-state index in [0.29, 0.717) is 11.5 Å². The van der Waals surface area contributed by atoms with Crippen LogP contribution in [-0.2, 0) is 0 Å². The maximum absolute atomic E-state index is 5.59. The average molecular weight is 434 g/mol. The van der Waals surface area contributed by atoms with Gasteiger partial charge >= 0.3 is 0 Å². The molecule has 0 radical (unpaired) electrons. The molecule has 1 aliphatic carbocycles. The maximum Gasteiger partial charge on any atom is 0.162 e. The van der Waals surface area contributed by atoms with Crippen molar-refractivity contribution in [1.29, 1.82) is 0 Å². The number of nitrogens with zero attached hydrogens (tertiary/aromatic N) is 3. The molecule has 1 aliphatic heterocycles. The summed E-state index contributed by atoms with van der Waals surface area (Å²) in [5.74, 6) is 3.15. The summed E-state index contributed by atoms with van der Waals surface area (Å²) in [4.78, 5) is 14.2. The molecule has 1 saturated heterocycles. The van der Waals surface area contributed by atoms with Crippen molar-refractivity contribution < 1.29 is 14.4 Å². The summed E-state index contributed by atoms with van der Waals surface area (Å²) in [6, 6.07) is 15.1. The lowest BCUT2D eigenvalue weighted by molar-refractivity contribution is -0.927. The summed E-state index contributed by atoms with van der Waals surface area (Å²) >= 11 is 0. The molecule has 2 aliphatic rings. The average Bonchev–Trinajstić information content (AvgIpc) is 2.88. The number of hydrogen-bond donors (Lipinski definition) is 1. The van der Waals surface area contributed by atoms with E-state index in [9.17, 15) is 0 Å². The van der Waals surface area contributed by atoms with Crippen molar-refractivity contribution in [3.8, 4) is 22.9 Å². The van der Waals surface area contributed by atoms with E-state index in [2.05, 4.69) is 17.0 Å². The zero-order valence-corrected chi connectivity index (χ0v) is 19.1. The molecule has 2 fully saturated rings. The highest BCUT2D eigenvalue weighted by Gasteiger charge is 2.30.